The zero-order valence-electron chi connectivity index (χ0n) is 19.2. The molecule has 3 rings (SSSR count). The van der Waals surface area contributed by atoms with Crippen molar-refractivity contribution in [1.29, 1.82) is 0 Å². The number of aliphatic hydroxyl groups excluding tert-OH is 3. The van der Waals surface area contributed by atoms with Crippen LogP contribution in [-0.4, -0.2) is 69.5 Å². The van der Waals surface area contributed by atoms with E-state index in [1.807, 2.05) is 30.1 Å². The number of thioether (sulfide) groups is 1. The fraction of sp³-hybridized carbons (Fsp3) is 0.478. The zero-order valence-corrected chi connectivity index (χ0v) is 20.1. The minimum Gasteiger partial charge on any atom is -0.479 e. The number of nitrogens with one attached hydrogen (secondary N) is 1. The van der Waals surface area contributed by atoms with Gasteiger partial charge in [-0.05, 0) is 42.0 Å². The van der Waals surface area contributed by atoms with E-state index >= 15 is 0 Å². The number of aromatic nitrogens is 1. The van der Waals surface area contributed by atoms with Gasteiger partial charge in [0.15, 0.2) is 0 Å². The Hall–Kier alpha value is -2.37. The largest absolute Gasteiger partial charge is 0.479 e. The van der Waals surface area contributed by atoms with E-state index in [0.717, 1.165) is 11.4 Å². The van der Waals surface area contributed by atoms with Crippen molar-refractivity contribution in [2.24, 2.45) is 0 Å². The van der Waals surface area contributed by atoms with Crippen molar-refractivity contribution in [3.8, 4) is 5.88 Å². The Bertz CT molecular complexity index is 952. The first kappa shape index (κ1) is 25.3. The number of piperazine rings is 1. The van der Waals surface area contributed by atoms with Crippen molar-refractivity contribution in [3.63, 3.8) is 0 Å². The molecule has 0 spiro atoms. The summed E-state index contributed by atoms with van der Waals surface area (Å²) in [7, 11) is 1.54. The Morgan fingerprint density at radius 1 is 1.15 bits per heavy atom. The molecular weight excluding hydrogens is 444 g/mol. The molecule has 1 fully saturated rings. The molecule has 1 aromatic carbocycles. The maximum atomic E-state index is 12.9. The van der Waals surface area contributed by atoms with Crippen LogP contribution in [-0.2, 0) is 31.0 Å². The van der Waals surface area contributed by atoms with Gasteiger partial charge in [-0.1, -0.05) is 24.8 Å². The van der Waals surface area contributed by atoms with Crippen LogP contribution in [0.25, 0.3) is 0 Å². The third-order valence-electron chi connectivity index (χ3n) is 5.74. The number of nitrogens with zero attached hydrogens (tertiary/aromatic N) is 3. The Kier molecular flexibility index (Phi) is 8.93. The summed E-state index contributed by atoms with van der Waals surface area (Å²) in [6.07, 6.45) is 2.43. The van der Waals surface area contributed by atoms with Gasteiger partial charge >= 0.3 is 0 Å². The van der Waals surface area contributed by atoms with Gasteiger partial charge in [0.1, 0.15) is 11.7 Å². The fourth-order valence-electron chi connectivity index (χ4n) is 4.00. The Morgan fingerprint density at radius 2 is 1.85 bits per heavy atom. The second-order valence-electron chi connectivity index (χ2n) is 7.78. The van der Waals surface area contributed by atoms with Gasteiger partial charge in [0.25, 0.3) is 0 Å². The van der Waals surface area contributed by atoms with Crippen molar-refractivity contribution < 1.29 is 24.9 Å². The van der Waals surface area contributed by atoms with Crippen LogP contribution in [0, 0.1) is 0 Å². The average molecular weight is 477 g/mol. The molecule has 0 saturated carbocycles. The monoisotopic (exact) mass is 476 g/mol. The Labute approximate surface area is 198 Å². The summed E-state index contributed by atoms with van der Waals surface area (Å²) in [5, 5.41) is 30.8. The van der Waals surface area contributed by atoms with Crippen LogP contribution < -0.4 is 15.1 Å². The van der Waals surface area contributed by atoms with Crippen LogP contribution in [0.15, 0.2) is 24.3 Å². The molecule has 2 heterocycles. The number of rotatable bonds is 9. The molecule has 1 aliphatic heterocycles. The maximum absolute atomic E-state index is 12.9. The SMILES string of the molecule is CCc1nc(OC)c(NN2CCN(c3cc(CO)cc(CO)c3)CC2C(=O)SC)cc1CO. The normalized spacial score (nSPS) is 16.7. The standard InChI is InChI=1S/C23H32N4O5S/c1-4-19-17(14-30)10-20(22(24-19)32-2)25-27-6-5-26(11-21(27)23(31)33-3)18-8-15(12-28)7-16(9-18)13-29/h7-10,21,25,28-30H,4-6,11-14H2,1-3H3. The maximum Gasteiger partial charge on any atom is 0.238 e. The molecule has 1 saturated heterocycles. The molecule has 0 bridgehead atoms. The summed E-state index contributed by atoms with van der Waals surface area (Å²) in [5.74, 6) is 0.407. The summed E-state index contributed by atoms with van der Waals surface area (Å²) in [5.41, 5.74) is 7.67. The topological polar surface area (TPSA) is 118 Å². The van der Waals surface area contributed by atoms with E-state index < -0.39 is 6.04 Å². The van der Waals surface area contributed by atoms with E-state index in [0.29, 0.717) is 54.3 Å². The Morgan fingerprint density at radius 3 is 2.39 bits per heavy atom. The third kappa shape index (κ3) is 5.77. The Balaban J connectivity index is 1.88. The van der Waals surface area contributed by atoms with Gasteiger partial charge in [0, 0.05) is 36.6 Å². The average Bonchev–Trinajstić information content (AvgIpc) is 2.87. The number of carbonyl (C=O) groups is 1. The van der Waals surface area contributed by atoms with Gasteiger partial charge in [0.05, 0.1) is 26.9 Å². The summed E-state index contributed by atoms with van der Waals surface area (Å²) < 4.78 is 5.46. The van der Waals surface area contributed by atoms with E-state index in [-0.39, 0.29) is 24.9 Å². The zero-order chi connectivity index (χ0) is 24.0. The number of hydrogen-bond donors (Lipinski definition) is 4. The minimum atomic E-state index is -0.461. The highest BCUT2D eigenvalue weighted by molar-refractivity contribution is 8.13. The van der Waals surface area contributed by atoms with Crippen molar-refractivity contribution >= 4 is 28.3 Å². The lowest BCUT2D eigenvalue weighted by atomic mass is 10.1. The molecule has 1 aliphatic rings. The second kappa shape index (κ2) is 11.7. The van der Waals surface area contributed by atoms with Gasteiger partial charge in [-0.2, -0.15) is 0 Å². The first-order valence-corrected chi connectivity index (χ1v) is 12.1. The van der Waals surface area contributed by atoms with E-state index in [9.17, 15) is 20.1 Å². The number of carbonyl (C=O) groups excluding carboxylic acids is 1. The van der Waals surface area contributed by atoms with Gasteiger partial charge in [0.2, 0.25) is 11.0 Å². The van der Waals surface area contributed by atoms with Crippen LogP contribution in [0.2, 0.25) is 0 Å². The number of ether oxygens (including phenoxy) is 1. The van der Waals surface area contributed by atoms with Crippen molar-refractivity contribution in [2.75, 3.05) is 43.3 Å². The van der Waals surface area contributed by atoms with Crippen LogP contribution in [0.3, 0.4) is 0 Å². The number of aryl methyl sites for hydroxylation is 1. The highest BCUT2D eigenvalue weighted by atomic mass is 32.2. The number of pyridine rings is 1. The summed E-state index contributed by atoms with van der Waals surface area (Å²) in [6.45, 7) is 3.18. The molecule has 0 radical (unpaired) electrons. The first-order chi connectivity index (χ1) is 16.0. The fourth-order valence-corrected chi connectivity index (χ4v) is 4.48. The number of hydrogen-bond acceptors (Lipinski definition) is 10. The van der Waals surface area contributed by atoms with E-state index in [4.69, 9.17) is 4.74 Å². The summed E-state index contributed by atoms with van der Waals surface area (Å²) in [4.78, 5) is 19.5. The lowest BCUT2D eigenvalue weighted by Gasteiger charge is -2.42. The third-order valence-corrected chi connectivity index (χ3v) is 6.41. The number of benzene rings is 1. The molecule has 1 aromatic heterocycles. The van der Waals surface area contributed by atoms with E-state index in [1.54, 1.807) is 19.4 Å². The molecule has 1 unspecified atom stereocenters. The van der Waals surface area contributed by atoms with Crippen LogP contribution >= 0.6 is 11.8 Å². The number of anilines is 2. The van der Waals surface area contributed by atoms with Gasteiger partial charge in [-0.25, -0.2) is 9.99 Å². The van der Waals surface area contributed by atoms with Gasteiger partial charge in [-0.3, -0.25) is 4.79 Å². The predicted molar refractivity (Wildman–Crippen MR) is 129 cm³/mol. The lowest BCUT2D eigenvalue weighted by molar-refractivity contribution is -0.115. The first-order valence-electron chi connectivity index (χ1n) is 10.9. The van der Waals surface area contributed by atoms with Crippen molar-refractivity contribution in [1.82, 2.24) is 9.99 Å². The molecule has 9 nitrogen and oxygen atoms in total. The van der Waals surface area contributed by atoms with Crippen molar-refractivity contribution in [2.45, 2.75) is 39.2 Å². The molecule has 1 atom stereocenters. The van der Waals surface area contributed by atoms with Crippen LogP contribution in [0.5, 0.6) is 5.88 Å². The molecule has 4 N–H and O–H groups in total. The highest BCUT2D eigenvalue weighted by Gasteiger charge is 2.33. The predicted octanol–water partition coefficient (Wildman–Crippen LogP) is 1.54. The number of hydrazine groups is 1. The van der Waals surface area contributed by atoms with E-state index in [1.165, 1.54) is 11.8 Å². The molecule has 2 aromatic rings. The molecule has 0 aliphatic carbocycles. The van der Waals surface area contributed by atoms with Gasteiger partial charge in [-0.15, -0.1) is 0 Å². The molecule has 10 heteroatoms. The highest BCUT2D eigenvalue weighted by Crippen LogP contribution is 2.29. The van der Waals surface area contributed by atoms with Crippen LogP contribution in [0.4, 0.5) is 11.4 Å². The van der Waals surface area contributed by atoms with Crippen LogP contribution in [0.1, 0.15) is 29.3 Å². The summed E-state index contributed by atoms with van der Waals surface area (Å²) in [6, 6.07) is 6.89. The smallest absolute Gasteiger partial charge is 0.238 e. The molecular formula is C23H32N4O5S. The number of methoxy groups -OCH3 is 1. The second-order valence-corrected chi connectivity index (χ2v) is 8.59. The van der Waals surface area contributed by atoms with E-state index in [2.05, 4.69) is 15.3 Å². The number of aliphatic hydroxyl groups is 3. The summed E-state index contributed by atoms with van der Waals surface area (Å²) >= 11 is 1.17. The molecule has 33 heavy (non-hydrogen) atoms. The van der Waals surface area contributed by atoms with Crippen molar-refractivity contribution in [3.05, 3.63) is 46.6 Å². The molecule has 180 valence electrons. The van der Waals surface area contributed by atoms with Gasteiger partial charge < -0.3 is 30.4 Å². The quantitative estimate of drug-likeness (QED) is 0.424. The minimum absolute atomic E-state index is 0.00683. The molecule has 0 amide bonds. The lowest BCUT2D eigenvalue weighted by Crippen LogP contribution is -2.58.